The number of rotatable bonds is 2. The molecule has 1 aromatic carbocycles. The molecule has 1 rings (SSSR count). The highest BCUT2D eigenvalue weighted by Gasteiger charge is 2.02. The Morgan fingerprint density at radius 1 is 1.57 bits per heavy atom. The topological polar surface area (TPSA) is 64.4 Å². The van der Waals surface area contributed by atoms with Gasteiger partial charge in [-0.05, 0) is 24.1 Å². The van der Waals surface area contributed by atoms with Crippen molar-refractivity contribution >= 4 is 23.0 Å². The standard InChI is InChI=1S/C9H12FN3S/c1-6-7(5-11)3-2-4-8(6)13-9(12)14-10/h2-4H,5,11H2,1H3,(H2,12,13). The second kappa shape index (κ2) is 4.97. The van der Waals surface area contributed by atoms with Gasteiger partial charge in [0.1, 0.15) is 12.1 Å². The van der Waals surface area contributed by atoms with Gasteiger partial charge in [-0.15, -0.1) is 0 Å². The first-order valence-corrected chi connectivity index (χ1v) is 4.82. The molecule has 0 spiro atoms. The van der Waals surface area contributed by atoms with Crippen molar-refractivity contribution < 1.29 is 3.89 Å². The molecule has 0 aliphatic heterocycles. The molecule has 0 aliphatic rings. The van der Waals surface area contributed by atoms with Gasteiger partial charge >= 0.3 is 0 Å². The minimum Gasteiger partial charge on any atom is -0.376 e. The lowest BCUT2D eigenvalue weighted by molar-refractivity contribution is 0.949. The van der Waals surface area contributed by atoms with Crippen molar-refractivity contribution in [2.75, 3.05) is 0 Å². The van der Waals surface area contributed by atoms with E-state index in [0.717, 1.165) is 11.1 Å². The average Bonchev–Trinajstić information content (AvgIpc) is 2.21. The SMILES string of the molecule is Cc1c(CN)cccc1N=C(N)SF. The zero-order chi connectivity index (χ0) is 10.6. The number of benzene rings is 1. The van der Waals surface area contributed by atoms with Crippen LogP contribution in [0.25, 0.3) is 0 Å². The molecule has 4 N–H and O–H groups in total. The van der Waals surface area contributed by atoms with Gasteiger partial charge in [0.05, 0.1) is 5.69 Å². The Hall–Kier alpha value is -1.07. The summed E-state index contributed by atoms with van der Waals surface area (Å²) in [7, 11) is 0. The predicted octanol–water partition coefficient (Wildman–Crippen LogP) is 2.02. The molecule has 76 valence electrons. The maximum atomic E-state index is 12.0. The van der Waals surface area contributed by atoms with Gasteiger partial charge in [-0.3, -0.25) is 0 Å². The molecular weight excluding hydrogens is 201 g/mol. The number of hydrogen-bond donors (Lipinski definition) is 2. The van der Waals surface area contributed by atoms with Crippen LogP contribution < -0.4 is 11.5 Å². The second-order valence-corrected chi connectivity index (χ2v) is 3.37. The minimum atomic E-state index is -0.0951. The summed E-state index contributed by atoms with van der Waals surface area (Å²) in [5.41, 5.74) is 13.4. The van der Waals surface area contributed by atoms with Crippen LogP contribution in [0.4, 0.5) is 9.57 Å². The van der Waals surface area contributed by atoms with E-state index in [1.54, 1.807) is 6.07 Å². The lowest BCUT2D eigenvalue weighted by Gasteiger charge is -2.05. The van der Waals surface area contributed by atoms with E-state index in [9.17, 15) is 3.89 Å². The van der Waals surface area contributed by atoms with Crippen molar-refractivity contribution in [3.63, 3.8) is 0 Å². The van der Waals surface area contributed by atoms with Crippen LogP contribution in [-0.2, 0) is 6.54 Å². The van der Waals surface area contributed by atoms with Gasteiger partial charge < -0.3 is 11.5 Å². The summed E-state index contributed by atoms with van der Waals surface area (Å²) in [6, 6.07) is 5.51. The molecule has 1 aromatic rings. The summed E-state index contributed by atoms with van der Waals surface area (Å²) >= 11 is -0.0617. The van der Waals surface area contributed by atoms with Gasteiger partial charge in [-0.2, -0.15) is 3.89 Å². The Labute approximate surface area is 86.7 Å². The fourth-order valence-electron chi connectivity index (χ4n) is 1.15. The average molecular weight is 213 g/mol. The van der Waals surface area contributed by atoms with Crippen molar-refractivity contribution in [2.45, 2.75) is 13.5 Å². The molecule has 0 fully saturated rings. The van der Waals surface area contributed by atoms with Gasteiger partial charge in [-0.1, -0.05) is 12.1 Å². The maximum Gasteiger partial charge on any atom is 0.192 e. The first kappa shape index (κ1) is 11.0. The third-order valence-electron chi connectivity index (χ3n) is 1.95. The molecule has 0 heterocycles. The molecule has 5 heteroatoms. The number of nitrogens with zero attached hydrogens (tertiary/aromatic N) is 1. The lowest BCUT2D eigenvalue weighted by atomic mass is 10.1. The van der Waals surface area contributed by atoms with Crippen molar-refractivity contribution in [3.8, 4) is 0 Å². The molecule has 0 aliphatic carbocycles. The molecule has 0 unspecified atom stereocenters. The van der Waals surface area contributed by atoms with Crippen molar-refractivity contribution in [2.24, 2.45) is 16.5 Å². The monoisotopic (exact) mass is 213 g/mol. The first-order chi connectivity index (χ1) is 6.69. The van der Waals surface area contributed by atoms with Crippen LogP contribution in [0, 0.1) is 6.92 Å². The fraction of sp³-hybridized carbons (Fsp3) is 0.222. The number of aliphatic imine (C=N–C) groups is 1. The normalized spacial score (nSPS) is 11.8. The molecule has 0 amide bonds. The highest BCUT2D eigenvalue weighted by Crippen LogP contribution is 2.22. The summed E-state index contributed by atoms with van der Waals surface area (Å²) < 4.78 is 12.0. The summed E-state index contributed by atoms with van der Waals surface area (Å²) in [6.45, 7) is 2.33. The van der Waals surface area contributed by atoms with Gasteiger partial charge in [-0.25, -0.2) is 4.99 Å². The molecule has 3 nitrogen and oxygen atoms in total. The molecule has 0 saturated heterocycles. The quantitative estimate of drug-likeness (QED) is 0.583. The number of hydrogen-bond acceptors (Lipinski definition) is 3. The number of halogens is 1. The predicted molar refractivity (Wildman–Crippen MR) is 59.1 cm³/mol. The van der Waals surface area contributed by atoms with Crippen LogP contribution in [0.5, 0.6) is 0 Å². The van der Waals surface area contributed by atoms with E-state index in [1.165, 1.54) is 0 Å². The molecule has 0 aromatic heterocycles. The molecular formula is C9H12FN3S. The molecule has 14 heavy (non-hydrogen) atoms. The third-order valence-corrected chi connectivity index (χ3v) is 2.20. The van der Waals surface area contributed by atoms with Crippen LogP contribution >= 0.6 is 12.1 Å². The summed E-state index contributed by atoms with van der Waals surface area (Å²) in [6.07, 6.45) is 0. The Kier molecular flexibility index (Phi) is 3.91. The van der Waals surface area contributed by atoms with Crippen LogP contribution in [0.2, 0.25) is 0 Å². The number of amidine groups is 1. The Bertz CT molecular complexity index is 352. The highest BCUT2D eigenvalue weighted by molar-refractivity contribution is 8.09. The number of nitrogens with two attached hydrogens (primary N) is 2. The van der Waals surface area contributed by atoms with Gasteiger partial charge in [0.15, 0.2) is 5.17 Å². The van der Waals surface area contributed by atoms with Crippen molar-refractivity contribution in [1.82, 2.24) is 0 Å². The van der Waals surface area contributed by atoms with Gasteiger partial charge in [0.2, 0.25) is 0 Å². The van der Waals surface area contributed by atoms with Gasteiger partial charge in [0.25, 0.3) is 0 Å². The van der Waals surface area contributed by atoms with E-state index in [1.807, 2.05) is 19.1 Å². The van der Waals surface area contributed by atoms with E-state index < -0.39 is 0 Å². The van der Waals surface area contributed by atoms with Crippen LogP contribution in [-0.4, -0.2) is 5.17 Å². The fourth-order valence-corrected chi connectivity index (χ4v) is 1.28. The summed E-state index contributed by atoms with van der Waals surface area (Å²) in [4.78, 5) is 3.91. The van der Waals surface area contributed by atoms with Crippen LogP contribution in [0.1, 0.15) is 11.1 Å². The van der Waals surface area contributed by atoms with Crippen LogP contribution in [0.15, 0.2) is 23.2 Å². The zero-order valence-electron chi connectivity index (χ0n) is 7.83. The largest absolute Gasteiger partial charge is 0.376 e. The van der Waals surface area contributed by atoms with Crippen molar-refractivity contribution in [3.05, 3.63) is 29.3 Å². The van der Waals surface area contributed by atoms with Crippen molar-refractivity contribution in [1.29, 1.82) is 0 Å². The third kappa shape index (κ3) is 2.46. The maximum absolute atomic E-state index is 12.0. The molecule has 0 bridgehead atoms. The van der Waals surface area contributed by atoms with E-state index >= 15 is 0 Å². The van der Waals surface area contributed by atoms with E-state index in [-0.39, 0.29) is 17.3 Å². The van der Waals surface area contributed by atoms with Gasteiger partial charge in [0, 0.05) is 6.54 Å². The Morgan fingerprint density at radius 2 is 2.29 bits per heavy atom. The zero-order valence-corrected chi connectivity index (χ0v) is 8.64. The second-order valence-electron chi connectivity index (χ2n) is 2.79. The Morgan fingerprint density at radius 3 is 2.86 bits per heavy atom. The molecule has 0 atom stereocenters. The lowest BCUT2D eigenvalue weighted by Crippen LogP contribution is -2.04. The smallest absolute Gasteiger partial charge is 0.192 e. The Balaban J connectivity index is 3.10. The van der Waals surface area contributed by atoms with Crippen LogP contribution in [0.3, 0.4) is 0 Å². The summed E-state index contributed by atoms with van der Waals surface area (Å²) in [5.74, 6) is 0. The first-order valence-electron chi connectivity index (χ1n) is 4.10. The molecule has 0 radical (unpaired) electrons. The van der Waals surface area contributed by atoms with E-state index in [2.05, 4.69) is 4.99 Å². The van der Waals surface area contributed by atoms with E-state index in [0.29, 0.717) is 12.2 Å². The summed E-state index contributed by atoms with van der Waals surface area (Å²) in [5, 5.41) is -0.0951. The highest BCUT2D eigenvalue weighted by atomic mass is 32.2. The molecule has 0 saturated carbocycles. The van der Waals surface area contributed by atoms with E-state index in [4.69, 9.17) is 11.5 Å². The minimum absolute atomic E-state index is 0.0617.